The second kappa shape index (κ2) is 7.48. The average molecular weight is 283 g/mol. The van der Waals surface area contributed by atoms with Gasteiger partial charge in [0.05, 0.1) is 7.11 Å². The van der Waals surface area contributed by atoms with Gasteiger partial charge in [0.25, 0.3) is 0 Å². The van der Waals surface area contributed by atoms with Crippen molar-refractivity contribution in [3.8, 4) is 5.75 Å². The Morgan fingerprint density at radius 3 is 2.52 bits per heavy atom. The van der Waals surface area contributed by atoms with E-state index >= 15 is 0 Å². The summed E-state index contributed by atoms with van der Waals surface area (Å²) in [6.45, 7) is 2.68. The maximum atomic E-state index is 12.4. The van der Waals surface area contributed by atoms with E-state index in [0.717, 1.165) is 23.4 Å². The van der Waals surface area contributed by atoms with Crippen LogP contribution in [0.2, 0.25) is 0 Å². The molecule has 0 aliphatic heterocycles. The van der Waals surface area contributed by atoms with Crippen LogP contribution in [0.15, 0.2) is 54.6 Å². The summed E-state index contributed by atoms with van der Waals surface area (Å²) < 4.78 is 5.20. The monoisotopic (exact) mass is 283 g/mol. The molecule has 0 N–H and O–H groups in total. The van der Waals surface area contributed by atoms with Crippen molar-refractivity contribution < 1.29 is 9.53 Å². The molecule has 0 unspecified atom stereocenters. The highest BCUT2D eigenvalue weighted by atomic mass is 16.5. The van der Waals surface area contributed by atoms with Gasteiger partial charge in [-0.3, -0.25) is 4.79 Å². The molecule has 0 fully saturated rings. The van der Waals surface area contributed by atoms with Crippen molar-refractivity contribution in [2.75, 3.05) is 18.6 Å². The van der Waals surface area contributed by atoms with Crippen LogP contribution in [-0.2, 0) is 11.2 Å². The molecule has 2 aromatic carbocycles. The van der Waals surface area contributed by atoms with E-state index in [-0.39, 0.29) is 5.91 Å². The largest absolute Gasteiger partial charge is 0.497 e. The van der Waals surface area contributed by atoms with Crippen LogP contribution in [0.5, 0.6) is 5.75 Å². The zero-order valence-electron chi connectivity index (χ0n) is 12.6. The fraction of sp³-hybridized carbons (Fsp3) is 0.278. The smallest absolute Gasteiger partial charge is 0.227 e. The minimum atomic E-state index is 0.145. The molecule has 0 aliphatic carbocycles. The summed E-state index contributed by atoms with van der Waals surface area (Å²) in [5.41, 5.74) is 2.07. The first kappa shape index (κ1) is 15.1. The van der Waals surface area contributed by atoms with Gasteiger partial charge in [0, 0.05) is 18.7 Å². The lowest BCUT2D eigenvalue weighted by atomic mass is 10.1. The number of anilines is 1. The molecule has 0 bridgehead atoms. The van der Waals surface area contributed by atoms with Gasteiger partial charge in [0.1, 0.15) is 5.75 Å². The van der Waals surface area contributed by atoms with Crippen LogP contribution >= 0.6 is 0 Å². The molecule has 0 saturated carbocycles. The maximum absolute atomic E-state index is 12.4. The molecule has 21 heavy (non-hydrogen) atoms. The third-order valence-electron chi connectivity index (χ3n) is 3.45. The topological polar surface area (TPSA) is 29.5 Å². The summed E-state index contributed by atoms with van der Waals surface area (Å²) in [4.78, 5) is 14.2. The summed E-state index contributed by atoms with van der Waals surface area (Å²) in [6, 6.07) is 17.7. The van der Waals surface area contributed by atoms with Crippen LogP contribution in [0.3, 0.4) is 0 Å². The van der Waals surface area contributed by atoms with Crippen LogP contribution in [0.4, 0.5) is 5.69 Å². The number of carbonyl (C=O) groups excluding carboxylic acids is 1. The normalized spacial score (nSPS) is 10.2. The standard InChI is InChI=1S/C18H21NO2/c1-3-19(16-9-5-4-6-10-16)18(20)13-12-15-8-7-11-17(14-15)21-2/h4-11,14H,3,12-13H2,1-2H3. The first-order valence-corrected chi connectivity index (χ1v) is 7.23. The Bertz CT molecular complexity index is 581. The number of ether oxygens (including phenoxy) is 1. The third-order valence-corrected chi connectivity index (χ3v) is 3.45. The Balaban J connectivity index is 2.00. The Hall–Kier alpha value is -2.29. The van der Waals surface area contributed by atoms with Crippen LogP contribution in [-0.4, -0.2) is 19.6 Å². The molecular weight excluding hydrogens is 262 g/mol. The van der Waals surface area contributed by atoms with Crippen molar-refractivity contribution in [1.29, 1.82) is 0 Å². The van der Waals surface area contributed by atoms with E-state index in [4.69, 9.17) is 4.74 Å². The lowest BCUT2D eigenvalue weighted by Gasteiger charge is -2.21. The van der Waals surface area contributed by atoms with Crippen LogP contribution in [0, 0.1) is 0 Å². The zero-order chi connectivity index (χ0) is 15.1. The number of hydrogen-bond donors (Lipinski definition) is 0. The molecular formula is C18H21NO2. The zero-order valence-corrected chi connectivity index (χ0v) is 12.6. The molecule has 0 aliphatic rings. The van der Waals surface area contributed by atoms with Gasteiger partial charge in [-0.05, 0) is 43.2 Å². The fourth-order valence-electron chi connectivity index (χ4n) is 2.33. The molecule has 0 spiro atoms. The summed E-state index contributed by atoms with van der Waals surface area (Å²) in [7, 11) is 1.65. The van der Waals surface area contributed by atoms with Crippen LogP contribution in [0.1, 0.15) is 18.9 Å². The second-order valence-corrected chi connectivity index (χ2v) is 4.83. The van der Waals surface area contributed by atoms with Crippen molar-refractivity contribution in [1.82, 2.24) is 0 Å². The van der Waals surface area contributed by atoms with Gasteiger partial charge < -0.3 is 9.64 Å². The van der Waals surface area contributed by atoms with Crippen molar-refractivity contribution in [2.45, 2.75) is 19.8 Å². The predicted octanol–water partition coefficient (Wildman–Crippen LogP) is 3.68. The van der Waals surface area contributed by atoms with Crippen LogP contribution < -0.4 is 9.64 Å². The summed E-state index contributed by atoms with van der Waals surface area (Å²) >= 11 is 0. The summed E-state index contributed by atoms with van der Waals surface area (Å²) in [5, 5.41) is 0. The Morgan fingerprint density at radius 2 is 1.86 bits per heavy atom. The minimum Gasteiger partial charge on any atom is -0.497 e. The van der Waals surface area contributed by atoms with Crippen LogP contribution in [0.25, 0.3) is 0 Å². The molecule has 0 aromatic heterocycles. The number of carbonyl (C=O) groups is 1. The molecule has 0 heterocycles. The van der Waals surface area contributed by atoms with E-state index in [2.05, 4.69) is 0 Å². The molecule has 2 aromatic rings. The maximum Gasteiger partial charge on any atom is 0.227 e. The van der Waals surface area contributed by atoms with Crippen molar-refractivity contribution in [2.24, 2.45) is 0 Å². The van der Waals surface area contributed by atoms with E-state index in [1.54, 1.807) is 7.11 Å². The lowest BCUT2D eigenvalue weighted by molar-refractivity contribution is -0.118. The third kappa shape index (κ3) is 4.09. The van der Waals surface area contributed by atoms with E-state index in [0.29, 0.717) is 13.0 Å². The molecule has 2 rings (SSSR count). The average Bonchev–Trinajstić information content (AvgIpc) is 2.55. The van der Waals surface area contributed by atoms with Gasteiger partial charge in [0.2, 0.25) is 5.91 Å². The van der Waals surface area contributed by atoms with E-state index in [9.17, 15) is 4.79 Å². The molecule has 0 atom stereocenters. The van der Waals surface area contributed by atoms with E-state index < -0.39 is 0 Å². The van der Waals surface area contributed by atoms with Gasteiger partial charge in [-0.2, -0.15) is 0 Å². The SMILES string of the molecule is CCN(C(=O)CCc1cccc(OC)c1)c1ccccc1. The molecule has 3 nitrogen and oxygen atoms in total. The quantitative estimate of drug-likeness (QED) is 0.809. The molecule has 0 radical (unpaired) electrons. The lowest BCUT2D eigenvalue weighted by Crippen LogP contribution is -2.30. The van der Waals surface area contributed by atoms with Gasteiger partial charge in [-0.25, -0.2) is 0 Å². The number of methoxy groups -OCH3 is 1. The summed E-state index contributed by atoms with van der Waals surface area (Å²) in [6.07, 6.45) is 1.22. The number of aryl methyl sites for hydroxylation is 1. The van der Waals surface area contributed by atoms with E-state index in [1.165, 1.54) is 0 Å². The number of amides is 1. The minimum absolute atomic E-state index is 0.145. The number of benzene rings is 2. The molecule has 0 saturated heterocycles. The van der Waals surface area contributed by atoms with E-state index in [1.807, 2.05) is 66.4 Å². The summed E-state index contributed by atoms with van der Waals surface area (Å²) in [5.74, 6) is 0.974. The second-order valence-electron chi connectivity index (χ2n) is 4.83. The fourth-order valence-corrected chi connectivity index (χ4v) is 2.33. The molecule has 1 amide bonds. The Labute approximate surface area is 126 Å². The first-order valence-electron chi connectivity index (χ1n) is 7.23. The molecule has 110 valence electrons. The van der Waals surface area contributed by atoms with Gasteiger partial charge in [0.15, 0.2) is 0 Å². The molecule has 3 heteroatoms. The van der Waals surface area contributed by atoms with Crippen molar-refractivity contribution in [3.63, 3.8) is 0 Å². The number of nitrogens with zero attached hydrogens (tertiary/aromatic N) is 1. The van der Waals surface area contributed by atoms with Crippen molar-refractivity contribution >= 4 is 11.6 Å². The Morgan fingerprint density at radius 1 is 1.10 bits per heavy atom. The number of para-hydroxylation sites is 1. The van der Waals surface area contributed by atoms with Gasteiger partial charge >= 0.3 is 0 Å². The van der Waals surface area contributed by atoms with Gasteiger partial charge in [-0.15, -0.1) is 0 Å². The van der Waals surface area contributed by atoms with Crippen molar-refractivity contribution in [3.05, 3.63) is 60.2 Å². The van der Waals surface area contributed by atoms with Gasteiger partial charge in [-0.1, -0.05) is 30.3 Å². The number of hydrogen-bond acceptors (Lipinski definition) is 2. The highest BCUT2D eigenvalue weighted by Gasteiger charge is 2.13. The highest BCUT2D eigenvalue weighted by molar-refractivity contribution is 5.93. The highest BCUT2D eigenvalue weighted by Crippen LogP contribution is 2.17. The first-order chi connectivity index (χ1) is 10.2. The number of rotatable bonds is 6. The Kier molecular flexibility index (Phi) is 5.38. The predicted molar refractivity (Wildman–Crippen MR) is 85.8 cm³/mol.